The molecule has 7 N–H and O–H groups in total. The number of carbonyl (C=O) groups excluding carboxylic acids is 7. The minimum absolute atomic E-state index is 0.00662. The van der Waals surface area contributed by atoms with Crippen molar-refractivity contribution in [1.82, 2.24) is 0 Å². The number of esters is 1. The first-order valence-corrected chi connectivity index (χ1v) is 48.9. The molecule has 4 aromatic carbocycles. The van der Waals surface area contributed by atoms with Crippen molar-refractivity contribution in [2.45, 2.75) is 274 Å². The van der Waals surface area contributed by atoms with Crippen LogP contribution in [0.2, 0.25) is 0 Å². The summed E-state index contributed by atoms with van der Waals surface area (Å²) in [4.78, 5) is 94.8. The van der Waals surface area contributed by atoms with Gasteiger partial charge in [0.25, 0.3) is 0 Å². The van der Waals surface area contributed by atoms with Crippen LogP contribution in [0, 0.1) is 132 Å². The van der Waals surface area contributed by atoms with E-state index in [9.17, 15) is 64.2 Å². The zero-order valence-electron chi connectivity index (χ0n) is 80.4. The molecule has 1 spiro atoms. The van der Waals surface area contributed by atoms with E-state index in [1.165, 1.54) is 82.9 Å². The average molecular weight is 1810 g/mol. The van der Waals surface area contributed by atoms with Crippen LogP contribution in [-0.4, -0.2) is 128 Å². The maximum Gasteiger partial charge on any atom is 0.312 e. The van der Waals surface area contributed by atoms with E-state index in [1.807, 2.05) is 32.1 Å². The van der Waals surface area contributed by atoms with Crippen molar-refractivity contribution in [2.75, 3.05) is 27.9 Å². The number of methoxy groups -OCH3 is 3. The number of benzene rings is 4. The Balaban J connectivity index is 0.000000129. The Kier molecular flexibility index (Phi) is 27.1. The Hall–Kier alpha value is -9.26. The molecule has 0 bridgehead atoms. The lowest BCUT2D eigenvalue weighted by Gasteiger charge is -2.68. The van der Waals surface area contributed by atoms with Gasteiger partial charge in [-0.05, 0) is 311 Å². The molecule has 13 aliphatic carbocycles. The standard InChI is InChI=1S/C32H43NO4.C26H40O4.C21H20O6.C19H28O2.C14H12O3/c1-27(2)12-14-32(26(36)37-9)15-13-31(7)24(19(32)17-27)21(34)16-23-29(5)18-20(33-8)25(35)28(3,4)22(29)10-11-30(23,31)6;1-15-23-21(30-26(15)9-4-5-11-29-26)13-20-18-7-6-16-12-17(27)8-10-24(16,2)19(18)14-22(28)25(20,23)3;1-26-20-11-14(5-9-18(20)24)3-7-16(22)13-17(23)8-4-15-6-10-19(25)21(12-15)27-2;1-18-9-7-13(20)11-12(18)3-4-14-15-5-6-17(21)19(15,2)10-8-16(14)18;15-12-5-3-10(4-6-12)1-2-11-7-13(16)9-14(17)8-11/h16,18-19,22,24H,10-15,17H2,1-7,9H3;15-21,23,27H,4-14H2,1-3H3;3-12,24-25H,13H2,1-2H3;3,13-16,20H,4-11H2,1-2H3;1-9,15-17H/b;;7-3+,8-4+;;2-1+/t19?,22-,24?,29-,30+,31+,32-;15-,16?,17-,18?,19?,20?,21?,23?,24-,25+,26+;;13-,14-,15-,16-,18-,19-;/m00.0./s1. The summed E-state index contributed by atoms with van der Waals surface area (Å²) in [6.45, 7) is 35.6. The average Bonchev–Trinajstić information content (AvgIpc) is 0.919. The highest BCUT2D eigenvalue weighted by atomic mass is 16.7. The first-order valence-electron chi connectivity index (χ1n) is 48.9. The van der Waals surface area contributed by atoms with E-state index in [1.54, 1.807) is 78.9 Å². The molecule has 20 nitrogen and oxygen atoms in total. The summed E-state index contributed by atoms with van der Waals surface area (Å²) in [7, 11) is 4.35. The maximum atomic E-state index is 14.4. The highest BCUT2D eigenvalue weighted by molar-refractivity contribution is 6.11. The highest BCUT2D eigenvalue weighted by Gasteiger charge is 2.74. The van der Waals surface area contributed by atoms with Gasteiger partial charge in [0.1, 0.15) is 28.8 Å². The second kappa shape index (κ2) is 36.8. The van der Waals surface area contributed by atoms with Crippen molar-refractivity contribution >= 4 is 65.0 Å². The van der Waals surface area contributed by atoms with E-state index < -0.39 is 22.0 Å². The predicted molar refractivity (Wildman–Crippen MR) is 507 cm³/mol. The molecule has 24 atom stereocenters. The number of fused-ring (bicyclic) bond motifs is 19. The molecular formula is C112H143NO19. The number of rotatable bonds is 11. The summed E-state index contributed by atoms with van der Waals surface area (Å²) in [5, 5.41) is 67.1. The molecule has 4 aromatic rings. The number of aliphatic hydroxyl groups is 2. The molecule has 132 heavy (non-hydrogen) atoms. The van der Waals surface area contributed by atoms with E-state index in [-0.39, 0.29) is 139 Å². The first-order chi connectivity index (χ1) is 62.3. The van der Waals surface area contributed by atoms with Crippen LogP contribution < -0.4 is 9.47 Å². The van der Waals surface area contributed by atoms with Crippen LogP contribution in [0.3, 0.4) is 0 Å². The van der Waals surface area contributed by atoms with Crippen molar-refractivity contribution in [2.24, 2.45) is 125 Å². The zero-order chi connectivity index (χ0) is 95.2. The van der Waals surface area contributed by atoms with Gasteiger partial charge < -0.3 is 64.2 Å². The van der Waals surface area contributed by atoms with Gasteiger partial charge in [0.15, 0.2) is 51.9 Å². The number of hydrogen-bond acceptors (Lipinski definition) is 19. The summed E-state index contributed by atoms with van der Waals surface area (Å²) >= 11 is 0. The number of allylic oxidation sites excluding steroid dienone is 7. The molecule has 15 aliphatic rings. The molecule has 10 saturated carbocycles. The SMILES string of the molecule is COc1cc(/C=C/C(=O)CC(=O)/C=C/c2ccc(O)c(OC)c2)ccc1O.C[C@H]1C2C(CC3C4CCC5C[C@@H](O)CC[C@]5(C)C4CC(=O)[C@@]32C)O[C@]12CCCCO2.C[C@]12CC[C@H](O)CC1=CC[C@@H]1[C@@H]2CC[C@]2(C)C(=O)CC[C@@H]12.Oc1ccc(/C=C/c2cc(O)cc(O)c2)cc1.[C-]#[N+]C1=C[C@]2(C)C3=CC(=O)C4C5CC(C)(C)CC[C@]5(C(=O)OC)CC[C@@]4(C)[C@]3(C)CC[C@H]2C(C)(C)C1=O. The van der Waals surface area contributed by atoms with E-state index in [0.29, 0.717) is 92.5 Å². The summed E-state index contributed by atoms with van der Waals surface area (Å²) in [5.74, 6) is 5.34. The van der Waals surface area contributed by atoms with Crippen LogP contribution in [0.5, 0.6) is 40.2 Å². The van der Waals surface area contributed by atoms with Crippen molar-refractivity contribution in [3.05, 3.63) is 160 Å². The fourth-order valence-electron chi connectivity index (χ4n) is 30.2. The van der Waals surface area contributed by atoms with Crippen molar-refractivity contribution in [3.8, 4) is 40.2 Å². The molecule has 710 valence electrons. The van der Waals surface area contributed by atoms with E-state index in [0.717, 1.165) is 158 Å². The van der Waals surface area contributed by atoms with Gasteiger partial charge in [0.2, 0.25) is 5.70 Å². The lowest BCUT2D eigenvalue weighted by Crippen LogP contribution is -2.65. The van der Waals surface area contributed by atoms with Crippen molar-refractivity contribution in [1.29, 1.82) is 0 Å². The third-order valence-corrected chi connectivity index (χ3v) is 37.6. The molecule has 2 saturated heterocycles. The molecule has 8 unspecified atom stereocenters. The van der Waals surface area contributed by atoms with Crippen molar-refractivity contribution < 1.29 is 93.0 Å². The summed E-state index contributed by atoms with van der Waals surface area (Å²) in [6, 6.07) is 20.5. The van der Waals surface area contributed by atoms with Gasteiger partial charge in [-0.15, -0.1) is 0 Å². The quantitative estimate of drug-likeness (QED) is 0.0183. The summed E-state index contributed by atoms with van der Waals surface area (Å²) < 4.78 is 28.4. The number of carbonyl (C=O) groups is 7. The van der Waals surface area contributed by atoms with Gasteiger partial charge >= 0.3 is 5.97 Å². The number of aromatic hydroxyl groups is 5. The Bertz CT molecular complexity index is 5270. The second-order valence-corrected chi connectivity index (χ2v) is 45.1. The smallest absolute Gasteiger partial charge is 0.312 e. The number of aliphatic hydroxyl groups excluding tert-OH is 2. The Morgan fingerprint density at radius 1 is 0.576 bits per heavy atom. The Morgan fingerprint density at radius 2 is 1.20 bits per heavy atom. The monoisotopic (exact) mass is 1810 g/mol. The molecular weight excluding hydrogens is 1660 g/mol. The van der Waals surface area contributed by atoms with Crippen LogP contribution in [0.25, 0.3) is 29.1 Å². The molecule has 2 aliphatic heterocycles. The molecule has 19 rings (SSSR count). The summed E-state index contributed by atoms with van der Waals surface area (Å²) in [6.07, 6.45) is 40.0. The Labute approximate surface area is 780 Å². The fourth-order valence-corrected chi connectivity index (χ4v) is 30.2. The predicted octanol–water partition coefficient (Wildman–Crippen LogP) is 21.7. The molecule has 0 aromatic heterocycles. The molecule has 12 fully saturated rings. The Morgan fingerprint density at radius 3 is 1.83 bits per heavy atom. The van der Waals surface area contributed by atoms with Gasteiger partial charge in [0.05, 0.1) is 64.7 Å². The topological polar surface area (TPSA) is 312 Å². The first kappa shape index (κ1) is 97.3. The molecule has 0 radical (unpaired) electrons. The minimum atomic E-state index is -0.660. The lowest BCUT2D eigenvalue weighted by molar-refractivity contribution is -0.264. The van der Waals surface area contributed by atoms with E-state index in [4.69, 9.17) is 35.4 Å². The van der Waals surface area contributed by atoms with Crippen molar-refractivity contribution in [3.63, 3.8) is 0 Å². The van der Waals surface area contributed by atoms with Gasteiger partial charge in [-0.25, -0.2) is 4.85 Å². The van der Waals surface area contributed by atoms with Gasteiger partial charge in [-0.1, -0.05) is 155 Å². The normalized spacial score (nSPS) is 38.5. The number of ketones is 6. The largest absolute Gasteiger partial charge is 0.508 e. The van der Waals surface area contributed by atoms with E-state index in [2.05, 4.69) is 80.2 Å². The third kappa shape index (κ3) is 17.3. The van der Waals surface area contributed by atoms with Crippen LogP contribution in [-0.2, 0) is 47.8 Å². The fraction of sp³-hybridized carbons (Fsp3) is 0.607. The van der Waals surface area contributed by atoms with E-state index >= 15 is 0 Å². The van der Waals surface area contributed by atoms with Crippen LogP contribution in [0.1, 0.15) is 272 Å². The number of Topliss-reactive ketones (excluding diaryl/α,β-unsaturated/α-hetero) is 3. The number of phenolic OH excluding ortho intramolecular Hbond substituents is 5. The third-order valence-electron chi connectivity index (χ3n) is 37.6. The van der Waals surface area contributed by atoms with Gasteiger partial charge in [-0.3, -0.25) is 28.8 Å². The maximum absolute atomic E-state index is 14.4. The van der Waals surface area contributed by atoms with Gasteiger partial charge in [0, 0.05) is 64.7 Å². The molecule has 20 heteroatoms. The van der Waals surface area contributed by atoms with Gasteiger partial charge in [-0.2, -0.15) is 0 Å². The molecule has 0 amide bonds. The highest BCUT2D eigenvalue weighted by Crippen LogP contribution is 2.76. The zero-order valence-corrected chi connectivity index (χ0v) is 80.4. The number of ether oxygens (including phenoxy) is 5. The van der Waals surface area contributed by atoms with Crippen LogP contribution in [0.15, 0.2) is 126 Å². The summed E-state index contributed by atoms with van der Waals surface area (Å²) in [5.41, 5.74) is 3.76. The van der Waals surface area contributed by atoms with Crippen LogP contribution in [0.4, 0.5) is 0 Å². The second-order valence-electron chi connectivity index (χ2n) is 45.1. The molecule has 2 heterocycles. The van der Waals surface area contributed by atoms with Crippen LogP contribution >= 0.6 is 0 Å². The lowest BCUT2D eigenvalue weighted by atomic mass is 9.34. The minimum Gasteiger partial charge on any atom is -0.508 e. The number of hydrogen-bond donors (Lipinski definition) is 7. The number of nitrogens with zero attached hydrogens (tertiary/aromatic N) is 1. The number of phenols is 5.